The molecule has 1 aliphatic heterocycles. The molecule has 27 heavy (non-hydrogen) atoms. The summed E-state index contributed by atoms with van der Waals surface area (Å²) in [6.07, 6.45) is 1.44. The van der Waals surface area contributed by atoms with E-state index in [1.54, 1.807) is 6.07 Å². The molecule has 2 aliphatic rings. The van der Waals surface area contributed by atoms with E-state index in [0.717, 1.165) is 55.7 Å². The van der Waals surface area contributed by atoms with Crippen molar-refractivity contribution >= 4 is 16.6 Å². The summed E-state index contributed by atoms with van der Waals surface area (Å²) in [5.74, 6) is 0. The van der Waals surface area contributed by atoms with E-state index in [0.29, 0.717) is 10.9 Å². The van der Waals surface area contributed by atoms with Gasteiger partial charge in [-0.3, -0.25) is 14.3 Å². The predicted octanol–water partition coefficient (Wildman–Crippen LogP) is 1.70. The minimum absolute atomic E-state index is 0.211. The van der Waals surface area contributed by atoms with Crippen LogP contribution in [0.5, 0.6) is 0 Å². The minimum atomic E-state index is -2.59. The van der Waals surface area contributed by atoms with E-state index in [1.807, 2.05) is 12.1 Å². The second-order valence-corrected chi connectivity index (χ2v) is 7.38. The molecule has 2 heterocycles. The van der Waals surface area contributed by atoms with Crippen LogP contribution in [0.4, 0.5) is 14.5 Å². The third kappa shape index (κ3) is 3.68. The van der Waals surface area contributed by atoms with Crippen LogP contribution < -0.4 is 10.5 Å². The number of nitrogens with zero attached hydrogens (tertiary/aromatic N) is 4. The lowest BCUT2D eigenvalue weighted by Crippen LogP contribution is -2.52. The summed E-state index contributed by atoms with van der Waals surface area (Å²) in [5, 5.41) is 10.5. The Bertz CT molecular complexity index is 864. The molecular weight excluding hydrogens is 354 g/mol. The van der Waals surface area contributed by atoms with Crippen LogP contribution in [0.3, 0.4) is 0 Å². The van der Waals surface area contributed by atoms with Gasteiger partial charge in [-0.05, 0) is 37.5 Å². The molecule has 0 bridgehead atoms. The maximum absolute atomic E-state index is 12.6. The highest BCUT2D eigenvalue weighted by molar-refractivity contribution is 5.81. The molecule has 146 valence electrons. The molecule has 0 amide bonds. The van der Waals surface area contributed by atoms with Crippen molar-refractivity contribution in [3.05, 3.63) is 34.9 Å². The smallest absolute Gasteiger partial charge is 0.261 e. The number of halogens is 2. The van der Waals surface area contributed by atoms with Crippen molar-refractivity contribution in [2.75, 3.05) is 31.1 Å². The van der Waals surface area contributed by atoms with E-state index >= 15 is 0 Å². The van der Waals surface area contributed by atoms with Crippen LogP contribution in [0.2, 0.25) is 0 Å². The first kappa shape index (κ1) is 18.3. The maximum Gasteiger partial charge on any atom is 0.261 e. The zero-order valence-corrected chi connectivity index (χ0v) is 15.1. The van der Waals surface area contributed by atoms with Crippen molar-refractivity contribution in [3.8, 4) is 0 Å². The lowest BCUT2D eigenvalue weighted by Gasteiger charge is -2.40. The molecule has 6 nitrogen and oxygen atoms in total. The van der Waals surface area contributed by atoms with Crippen molar-refractivity contribution in [3.63, 3.8) is 0 Å². The lowest BCUT2D eigenvalue weighted by molar-refractivity contribution is 0.0671. The largest absolute Gasteiger partial charge is 0.391 e. The Kier molecular flexibility index (Phi) is 5.10. The van der Waals surface area contributed by atoms with Crippen molar-refractivity contribution in [1.29, 1.82) is 0 Å². The van der Waals surface area contributed by atoms with Crippen LogP contribution in [0.25, 0.3) is 10.9 Å². The summed E-state index contributed by atoms with van der Waals surface area (Å²) in [7, 11) is 0. The van der Waals surface area contributed by atoms with Gasteiger partial charge in [-0.2, -0.15) is 0 Å². The van der Waals surface area contributed by atoms with Crippen LogP contribution in [0, 0.1) is 0 Å². The molecule has 2 atom stereocenters. The van der Waals surface area contributed by atoms with Gasteiger partial charge in [0.05, 0.1) is 29.9 Å². The van der Waals surface area contributed by atoms with Crippen LogP contribution in [0.1, 0.15) is 19.3 Å². The number of alkyl halides is 2. The van der Waals surface area contributed by atoms with Crippen molar-refractivity contribution in [2.24, 2.45) is 0 Å². The zero-order valence-electron chi connectivity index (χ0n) is 15.1. The van der Waals surface area contributed by atoms with E-state index in [-0.39, 0.29) is 12.1 Å². The number of aromatic nitrogens is 2. The molecule has 1 aromatic carbocycles. The molecule has 2 fully saturated rings. The number of rotatable bonds is 4. The van der Waals surface area contributed by atoms with E-state index in [4.69, 9.17) is 0 Å². The Morgan fingerprint density at radius 1 is 1.19 bits per heavy atom. The zero-order chi connectivity index (χ0) is 19.0. The lowest BCUT2D eigenvalue weighted by atomic mass is 10.1. The van der Waals surface area contributed by atoms with Crippen LogP contribution in [-0.4, -0.2) is 64.3 Å². The third-order valence-electron chi connectivity index (χ3n) is 5.74. The number of hydrogen-bond donors (Lipinski definition) is 1. The summed E-state index contributed by atoms with van der Waals surface area (Å²) < 4.78 is 26.1. The Morgan fingerprint density at radius 2 is 1.96 bits per heavy atom. The molecule has 4 rings (SSSR count). The van der Waals surface area contributed by atoms with E-state index in [1.165, 1.54) is 6.33 Å². The summed E-state index contributed by atoms with van der Waals surface area (Å²) in [6, 6.07) is 5.66. The topological polar surface area (TPSA) is 61.6 Å². The highest BCUT2D eigenvalue weighted by Crippen LogP contribution is 2.27. The van der Waals surface area contributed by atoms with Gasteiger partial charge >= 0.3 is 0 Å². The monoisotopic (exact) mass is 378 g/mol. The van der Waals surface area contributed by atoms with Gasteiger partial charge < -0.3 is 10.0 Å². The fourth-order valence-electron chi connectivity index (χ4n) is 4.28. The van der Waals surface area contributed by atoms with Gasteiger partial charge in [-0.15, -0.1) is 0 Å². The van der Waals surface area contributed by atoms with Gasteiger partial charge in [0.25, 0.3) is 12.0 Å². The average molecular weight is 378 g/mol. The number of fused-ring (bicyclic) bond motifs is 1. The van der Waals surface area contributed by atoms with Gasteiger partial charge in [0.1, 0.15) is 0 Å². The molecule has 1 N–H and O–H groups in total. The molecule has 1 saturated carbocycles. The molecule has 2 aromatic rings. The Balaban J connectivity index is 1.49. The first-order valence-electron chi connectivity index (χ1n) is 9.47. The Hall–Kier alpha value is -2.06. The molecule has 2 unspecified atom stereocenters. The second-order valence-electron chi connectivity index (χ2n) is 7.38. The molecule has 8 heteroatoms. The Labute approximate surface area is 156 Å². The first-order chi connectivity index (χ1) is 13.0. The van der Waals surface area contributed by atoms with Gasteiger partial charge in [0, 0.05) is 37.9 Å². The van der Waals surface area contributed by atoms with E-state index in [9.17, 15) is 18.7 Å². The van der Waals surface area contributed by atoms with Crippen molar-refractivity contribution in [2.45, 2.75) is 44.4 Å². The summed E-state index contributed by atoms with van der Waals surface area (Å²) in [4.78, 5) is 21.1. The van der Waals surface area contributed by atoms with E-state index < -0.39 is 18.5 Å². The number of anilines is 1. The number of piperazine rings is 1. The summed E-state index contributed by atoms with van der Waals surface area (Å²) in [5.41, 5.74) is 1.07. The predicted molar refractivity (Wildman–Crippen MR) is 99.4 cm³/mol. The molecule has 1 saturated heterocycles. The van der Waals surface area contributed by atoms with Gasteiger partial charge in [-0.1, -0.05) is 0 Å². The van der Waals surface area contributed by atoms with Crippen LogP contribution in [-0.2, 0) is 6.54 Å². The van der Waals surface area contributed by atoms with Crippen LogP contribution >= 0.6 is 0 Å². The molecule has 1 aromatic heterocycles. The average Bonchev–Trinajstić information content (AvgIpc) is 3.09. The normalized spacial score (nSPS) is 24.2. The second kappa shape index (κ2) is 7.52. The first-order valence-corrected chi connectivity index (χ1v) is 9.47. The standard InChI is InChI=1S/C19H24F2N4O2/c20-18(21)11-25-12-22-15-10-13(4-5-14(15)19(25)27)23-6-8-24(9-7-23)16-2-1-3-17(16)26/h4-5,10,12,16-18,26H,1-3,6-9,11H2. The maximum atomic E-state index is 12.6. The summed E-state index contributed by atoms with van der Waals surface area (Å²) in [6.45, 7) is 2.83. The number of benzene rings is 1. The van der Waals surface area contributed by atoms with Crippen LogP contribution in [0.15, 0.2) is 29.3 Å². The highest BCUT2D eigenvalue weighted by atomic mass is 19.3. The fraction of sp³-hybridized carbons (Fsp3) is 0.579. The Morgan fingerprint density at radius 3 is 2.63 bits per heavy atom. The number of aliphatic hydroxyl groups excluding tert-OH is 1. The van der Waals surface area contributed by atoms with E-state index in [2.05, 4.69) is 14.8 Å². The number of aliphatic hydroxyl groups is 1. The molecule has 1 aliphatic carbocycles. The summed E-state index contributed by atoms with van der Waals surface area (Å²) >= 11 is 0. The van der Waals surface area contributed by atoms with Gasteiger partial charge in [-0.25, -0.2) is 13.8 Å². The SMILES string of the molecule is O=c1c2ccc(N3CCN(C4CCCC4O)CC3)cc2ncn1CC(F)F. The fourth-order valence-corrected chi connectivity index (χ4v) is 4.28. The van der Waals surface area contributed by atoms with Gasteiger partial charge in [0.15, 0.2) is 0 Å². The van der Waals surface area contributed by atoms with Crippen molar-refractivity contribution < 1.29 is 13.9 Å². The highest BCUT2D eigenvalue weighted by Gasteiger charge is 2.32. The van der Waals surface area contributed by atoms with Gasteiger partial charge in [0.2, 0.25) is 0 Å². The molecular formula is C19H24F2N4O2. The quantitative estimate of drug-likeness (QED) is 0.878. The van der Waals surface area contributed by atoms with Crippen molar-refractivity contribution in [1.82, 2.24) is 14.5 Å². The number of hydrogen-bond acceptors (Lipinski definition) is 5. The third-order valence-corrected chi connectivity index (χ3v) is 5.74. The molecule has 0 spiro atoms. The minimum Gasteiger partial charge on any atom is -0.391 e. The molecule has 0 radical (unpaired) electrons.